The Morgan fingerprint density at radius 1 is 1.37 bits per heavy atom. The summed E-state index contributed by atoms with van der Waals surface area (Å²) in [6.07, 6.45) is 1.92. The van der Waals surface area contributed by atoms with Gasteiger partial charge in [0, 0.05) is 10.9 Å². The molecule has 2 aromatic rings. The highest BCUT2D eigenvalue weighted by Gasteiger charge is 2.10. The van der Waals surface area contributed by atoms with Gasteiger partial charge >= 0.3 is 0 Å². The highest BCUT2D eigenvalue weighted by molar-refractivity contribution is 7.98. The van der Waals surface area contributed by atoms with Crippen molar-refractivity contribution >= 4 is 46.3 Å². The van der Waals surface area contributed by atoms with Crippen LogP contribution in [0.1, 0.15) is 17.8 Å². The minimum atomic E-state index is 0.118. The number of rotatable bonds is 5. The number of halogens is 1. The lowest BCUT2D eigenvalue weighted by molar-refractivity contribution is 0.872. The van der Waals surface area contributed by atoms with Crippen LogP contribution in [-0.2, 0) is 0 Å². The summed E-state index contributed by atoms with van der Waals surface area (Å²) >= 11 is 8.95. The molecule has 2 rings (SSSR count). The third-order valence-electron chi connectivity index (χ3n) is 2.42. The number of hydrogen-bond acceptors (Lipinski definition) is 7. The van der Waals surface area contributed by atoms with Crippen LogP contribution in [0.3, 0.4) is 0 Å². The highest BCUT2D eigenvalue weighted by atomic mass is 35.5. The van der Waals surface area contributed by atoms with Gasteiger partial charge in [0.05, 0.1) is 10.4 Å². The molecule has 0 aliphatic carbocycles. The molecule has 0 aromatic carbocycles. The average molecular weight is 316 g/mol. The van der Waals surface area contributed by atoms with Crippen molar-refractivity contribution < 1.29 is 0 Å². The Bertz CT molecular complexity index is 538. The molecule has 1 atom stereocenters. The molecule has 0 saturated heterocycles. The molecule has 0 saturated carbocycles. The van der Waals surface area contributed by atoms with Gasteiger partial charge in [0.1, 0.15) is 11.6 Å². The van der Waals surface area contributed by atoms with Crippen LogP contribution in [0.5, 0.6) is 0 Å². The first kappa shape index (κ1) is 14.4. The van der Waals surface area contributed by atoms with Crippen LogP contribution in [0.15, 0.2) is 23.4 Å². The predicted molar refractivity (Wildman–Crippen MR) is 83.0 cm³/mol. The number of hydrazine groups is 1. The fraction of sp³-hybridized carbons (Fsp3) is 0.273. The van der Waals surface area contributed by atoms with Gasteiger partial charge in [-0.15, -0.1) is 11.3 Å². The number of anilines is 2. The predicted octanol–water partition coefficient (Wildman–Crippen LogP) is 3.37. The Kier molecular flexibility index (Phi) is 4.87. The van der Waals surface area contributed by atoms with Gasteiger partial charge in [0.2, 0.25) is 0 Å². The summed E-state index contributed by atoms with van der Waals surface area (Å²) in [6.45, 7) is 2.05. The number of hydrogen-bond donors (Lipinski definition) is 3. The average Bonchev–Trinajstić information content (AvgIpc) is 2.85. The lowest BCUT2D eigenvalue weighted by Crippen LogP contribution is -2.12. The van der Waals surface area contributed by atoms with Gasteiger partial charge in [-0.2, -0.15) is 0 Å². The Morgan fingerprint density at radius 2 is 2.11 bits per heavy atom. The van der Waals surface area contributed by atoms with Crippen LogP contribution in [0, 0.1) is 0 Å². The summed E-state index contributed by atoms with van der Waals surface area (Å²) < 4.78 is 0.778. The largest absolute Gasteiger partial charge is 0.363 e. The van der Waals surface area contributed by atoms with Crippen LogP contribution in [0.25, 0.3) is 0 Å². The molecule has 0 radical (unpaired) electrons. The summed E-state index contributed by atoms with van der Waals surface area (Å²) in [5.74, 6) is 6.70. The number of nitrogens with two attached hydrogens (primary N) is 1. The van der Waals surface area contributed by atoms with E-state index in [-0.39, 0.29) is 6.04 Å². The number of nitrogens with zero attached hydrogens (tertiary/aromatic N) is 2. The summed E-state index contributed by atoms with van der Waals surface area (Å²) in [5.41, 5.74) is 2.54. The molecule has 0 amide bonds. The van der Waals surface area contributed by atoms with Crippen molar-refractivity contribution in [1.29, 1.82) is 0 Å². The van der Waals surface area contributed by atoms with E-state index in [0.717, 1.165) is 15.0 Å². The Hall–Kier alpha value is -1.02. The molecular weight excluding hydrogens is 302 g/mol. The van der Waals surface area contributed by atoms with E-state index in [1.54, 1.807) is 17.4 Å². The molecule has 0 aliphatic rings. The van der Waals surface area contributed by atoms with Gasteiger partial charge in [-0.3, -0.25) is 0 Å². The van der Waals surface area contributed by atoms with Crippen molar-refractivity contribution in [3.8, 4) is 0 Å². The van der Waals surface area contributed by atoms with Crippen molar-refractivity contribution in [2.45, 2.75) is 18.1 Å². The second kappa shape index (κ2) is 6.42. The summed E-state index contributed by atoms with van der Waals surface area (Å²) in [6, 6.07) is 5.78. The summed E-state index contributed by atoms with van der Waals surface area (Å²) in [5, 5.41) is 3.97. The monoisotopic (exact) mass is 315 g/mol. The number of nitrogens with one attached hydrogen (secondary N) is 2. The van der Waals surface area contributed by atoms with E-state index in [9.17, 15) is 0 Å². The minimum absolute atomic E-state index is 0.118. The van der Waals surface area contributed by atoms with E-state index < -0.39 is 0 Å². The van der Waals surface area contributed by atoms with E-state index in [4.69, 9.17) is 17.4 Å². The second-order valence-corrected chi connectivity index (χ2v) is 6.30. The molecule has 102 valence electrons. The van der Waals surface area contributed by atoms with Crippen LogP contribution in [0.2, 0.25) is 4.34 Å². The number of thioether (sulfide) groups is 1. The Labute approximate surface area is 124 Å². The summed E-state index contributed by atoms with van der Waals surface area (Å²) in [4.78, 5) is 9.75. The van der Waals surface area contributed by atoms with Crippen LogP contribution >= 0.6 is 34.7 Å². The van der Waals surface area contributed by atoms with Crippen molar-refractivity contribution in [2.24, 2.45) is 5.84 Å². The molecule has 5 nitrogen and oxygen atoms in total. The van der Waals surface area contributed by atoms with Gasteiger partial charge in [0.25, 0.3) is 0 Å². The molecule has 0 bridgehead atoms. The van der Waals surface area contributed by atoms with Crippen molar-refractivity contribution in [1.82, 2.24) is 9.97 Å². The molecule has 0 fully saturated rings. The zero-order valence-corrected chi connectivity index (χ0v) is 12.9. The minimum Gasteiger partial charge on any atom is -0.363 e. The first-order valence-electron chi connectivity index (χ1n) is 5.54. The first-order valence-corrected chi connectivity index (χ1v) is 7.95. The molecule has 0 aliphatic heterocycles. The fourth-order valence-corrected chi connectivity index (χ4v) is 2.96. The zero-order chi connectivity index (χ0) is 13.8. The van der Waals surface area contributed by atoms with Gasteiger partial charge in [0.15, 0.2) is 5.16 Å². The molecular formula is C11H14ClN5S2. The standard InChI is InChI=1S/C11H14ClN5S2/c1-6(7-3-4-8(12)19-7)14-9-5-10(17-13)16-11(15-9)18-2/h3-6H,13H2,1-2H3,(H2,14,15,16,17). The Balaban J connectivity index is 2.18. The maximum Gasteiger partial charge on any atom is 0.191 e. The first-order chi connectivity index (χ1) is 9.12. The molecule has 0 spiro atoms. The van der Waals surface area contributed by atoms with Crippen molar-refractivity contribution in [3.05, 3.63) is 27.4 Å². The number of thiophene rings is 1. The highest BCUT2D eigenvalue weighted by Crippen LogP contribution is 2.29. The molecule has 8 heteroatoms. The second-order valence-electron chi connectivity index (χ2n) is 3.78. The lowest BCUT2D eigenvalue weighted by atomic mass is 10.3. The Morgan fingerprint density at radius 3 is 2.68 bits per heavy atom. The quantitative estimate of drug-likeness (QED) is 0.340. The van der Waals surface area contributed by atoms with Gasteiger partial charge < -0.3 is 10.7 Å². The normalized spacial score (nSPS) is 12.2. The zero-order valence-electron chi connectivity index (χ0n) is 10.5. The third kappa shape index (κ3) is 3.73. The van der Waals surface area contributed by atoms with Gasteiger partial charge in [-0.1, -0.05) is 23.4 Å². The SMILES string of the molecule is CSc1nc(NN)cc(NC(C)c2ccc(Cl)s2)n1. The van der Waals surface area contributed by atoms with Crippen LogP contribution < -0.4 is 16.6 Å². The maximum atomic E-state index is 5.94. The van der Waals surface area contributed by atoms with E-state index in [2.05, 4.69) is 27.6 Å². The van der Waals surface area contributed by atoms with Crippen molar-refractivity contribution in [2.75, 3.05) is 17.0 Å². The molecule has 1 unspecified atom stereocenters. The van der Waals surface area contributed by atoms with E-state index in [1.165, 1.54) is 11.8 Å². The molecule has 2 heterocycles. The van der Waals surface area contributed by atoms with Gasteiger partial charge in [-0.25, -0.2) is 15.8 Å². The number of nitrogen functional groups attached to an aromatic ring is 1. The molecule has 2 aromatic heterocycles. The van der Waals surface area contributed by atoms with Crippen LogP contribution in [0.4, 0.5) is 11.6 Å². The van der Waals surface area contributed by atoms with Crippen LogP contribution in [-0.4, -0.2) is 16.2 Å². The maximum absolute atomic E-state index is 5.94. The molecule has 19 heavy (non-hydrogen) atoms. The van der Waals surface area contributed by atoms with E-state index in [1.807, 2.05) is 18.4 Å². The molecule has 4 N–H and O–H groups in total. The topological polar surface area (TPSA) is 75.9 Å². The summed E-state index contributed by atoms with van der Waals surface area (Å²) in [7, 11) is 0. The van der Waals surface area contributed by atoms with Gasteiger partial charge in [-0.05, 0) is 25.3 Å². The smallest absolute Gasteiger partial charge is 0.191 e. The van der Waals surface area contributed by atoms with E-state index >= 15 is 0 Å². The lowest BCUT2D eigenvalue weighted by Gasteiger charge is -2.14. The van der Waals surface area contributed by atoms with E-state index in [0.29, 0.717) is 11.0 Å². The number of aromatic nitrogens is 2. The van der Waals surface area contributed by atoms with Crippen molar-refractivity contribution in [3.63, 3.8) is 0 Å². The fourth-order valence-electron chi connectivity index (χ4n) is 1.52. The third-order valence-corrected chi connectivity index (χ3v) is 4.38.